The number of methoxy groups -OCH3 is 1. The summed E-state index contributed by atoms with van der Waals surface area (Å²) in [6.45, 7) is 2.71. The number of ether oxygens (including phenoxy) is 2. The third-order valence-corrected chi connectivity index (χ3v) is 3.42. The topological polar surface area (TPSA) is 48.4 Å². The summed E-state index contributed by atoms with van der Waals surface area (Å²) < 4.78 is 10.9. The van der Waals surface area contributed by atoms with E-state index in [1.165, 1.54) is 11.3 Å². The molecule has 1 aromatic heterocycles. The number of carbonyl (C=O) groups is 1. The minimum atomic E-state index is 0.449. The van der Waals surface area contributed by atoms with Crippen molar-refractivity contribution in [3.8, 4) is 22.1 Å². The number of benzene rings is 1. The highest BCUT2D eigenvalue weighted by atomic mass is 32.1. The van der Waals surface area contributed by atoms with Crippen molar-refractivity contribution in [3.05, 3.63) is 29.3 Å². The first-order valence-corrected chi connectivity index (χ1v) is 6.88. The molecule has 2 rings (SSSR count). The minimum absolute atomic E-state index is 0.449. The second kappa shape index (κ2) is 6.33. The molecule has 0 amide bonds. The highest BCUT2D eigenvalue weighted by Gasteiger charge is 2.09. The first kappa shape index (κ1) is 13.5. The van der Waals surface area contributed by atoms with Crippen LogP contribution in [0.4, 0.5) is 0 Å². The van der Waals surface area contributed by atoms with E-state index in [2.05, 4.69) is 11.9 Å². The lowest BCUT2D eigenvalue weighted by molar-refractivity contribution is 0.111. The Morgan fingerprint density at radius 3 is 2.84 bits per heavy atom. The van der Waals surface area contributed by atoms with Gasteiger partial charge >= 0.3 is 0 Å². The average molecular weight is 277 g/mol. The maximum Gasteiger partial charge on any atom is 0.169 e. The van der Waals surface area contributed by atoms with Crippen LogP contribution in [0, 0.1) is 0 Å². The molecule has 0 bridgehead atoms. The van der Waals surface area contributed by atoms with Crippen molar-refractivity contribution in [2.45, 2.75) is 13.3 Å². The Balaban J connectivity index is 2.29. The van der Waals surface area contributed by atoms with E-state index in [1.807, 2.05) is 18.2 Å². The molecule has 5 heteroatoms. The van der Waals surface area contributed by atoms with E-state index in [0.717, 1.165) is 29.0 Å². The summed E-state index contributed by atoms with van der Waals surface area (Å²) in [5, 5.41) is 2.53. The molecule has 0 fully saturated rings. The Labute approximate surface area is 116 Å². The van der Waals surface area contributed by atoms with Gasteiger partial charge in [0.1, 0.15) is 10.7 Å². The summed E-state index contributed by atoms with van der Waals surface area (Å²) in [6, 6.07) is 5.66. The largest absolute Gasteiger partial charge is 0.493 e. The van der Waals surface area contributed by atoms with Crippen LogP contribution in [0.15, 0.2) is 23.6 Å². The highest BCUT2D eigenvalue weighted by molar-refractivity contribution is 7.13. The zero-order valence-corrected chi connectivity index (χ0v) is 11.7. The second-order valence-corrected chi connectivity index (χ2v) is 4.77. The van der Waals surface area contributed by atoms with Gasteiger partial charge < -0.3 is 9.47 Å². The van der Waals surface area contributed by atoms with Crippen molar-refractivity contribution in [3.63, 3.8) is 0 Å². The molecule has 0 saturated carbocycles. The van der Waals surface area contributed by atoms with Crippen LogP contribution in [-0.2, 0) is 0 Å². The fourth-order valence-corrected chi connectivity index (χ4v) is 2.37. The van der Waals surface area contributed by atoms with Gasteiger partial charge in [-0.25, -0.2) is 4.98 Å². The van der Waals surface area contributed by atoms with E-state index in [4.69, 9.17) is 9.47 Å². The van der Waals surface area contributed by atoms with E-state index in [9.17, 15) is 4.79 Å². The van der Waals surface area contributed by atoms with Crippen molar-refractivity contribution in [2.24, 2.45) is 0 Å². The van der Waals surface area contributed by atoms with Gasteiger partial charge in [-0.1, -0.05) is 6.92 Å². The number of carbonyl (C=O) groups excluding carboxylic acids is 1. The molecule has 0 radical (unpaired) electrons. The summed E-state index contributed by atoms with van der Waals surface area (Å²) in [5.41, 5.74) is 1.36. The lowest BCUT2D eigenvalue weighted by atomic mass is 10.2. The third-order valence-electron chi connectivity index (χ3n) is 2.51. The molecule has 0 atom stereocenters. The van der Waals surface area contributed by atoms with E-state index in [0.29, 0.717) is 18.1 Å². The Kier molecular flexibility index (Phi) is 4.52. The Bertz CT molecular complexity index is 566. The SMILES string of the molecule is CCCOc1ccc(-c2nc(C=O)cs2)cc1OC. The predicted molar refractivity (Wildman–Crippen MR) is 75.3 cm³/mol. The molecule has 0 aliphatic carbocycles. The molecule has 0 unspecified atom stereocenters. The number of hydrogen-bond donors (Lipinski definition) is 0. The van der Waals surface area contributed by atoms with Crippen LogP contribution in [0.5, 0.6) is 11.5 Å². The molecule has 0 saturated heterocycles. The normalized spacial score (nSPS) is 10.2. The lowest BCUT2D eigenvalue weighted by Crippen LogP contribution is -1.97. The monoisotopic (exact) mass is 277 g/mol. The van der Waals surface area contributed by atoms with Gasteiger partial charge in [-0.05, 0) is 24.6 Å². The molecular formula is C14H15NO3S. The van der Waals surface area contributed by atoms with E-state index >= 15 is 0 Å². The number of thiazole rings is 1. The third kappa shape index (κ3) is 3.12. The lowest BCUT2D eigenvalue weighted by Gasteiger charge is -2.10. The molecule has 4 nitrogen and oxygen atoms in total. The van der Waals surface area contributed by atoms with Gasteiger partial charge in [-0.15, -0.1) is 11.3 Å². The fraction of sp³-hybridized carbons (Fsp3) is 0.286. The molecule has 0 N–H and O–H groups in total. The van der Waals surface area contributed by atoms with Crippen LogP contribution < -0.4 is 9.47 Å². The van der Waals surface area contributed by atoms with Crippen LogP contribution in [0.2, 0.25) is 0 Å². The van der Waals surface area contributed by atoms with Crippen molar-refractivity contribution in [2.75, 3.05) is 13.7 Å². The van der Waals surface area contributed by atoms with Gasteiger partial charge in [-0.3, -0.25) is 4.79 Å². The quantitative estimate of drug-likeness (QED) is 0.759. The molecular weight excluding hydrogens is 262 g/mol. The molecule has 2 aromatic rings. The number of aromatic nitrogens is 1. The fourth-order valence-electron chi connectivity index (χ4n) is 1.60. The molecule has 19 heavy (non-hydrogen) atoms. The summed E-state index contributed by atoms with van der Waals surface area (Å²) in [5.74, 6) is 1.40. The van der Waals surface area contributed by atoms with Crippen LogP contribution in [0.1, 0.15) is 23.8 Å². The Morgan fingerprint density at radius 2 is 2.21 bits per heavy atom. The molecule has 0 aliphatic heterocycles. The van der Waals surface area contributed by atoms with Crippen molar-refractivity contribution in [1.82, 2.24) is 4.98 Å². The molecule has 1 aromatic carbocycles. The smallest absolute Gasteiger partial charge is 0.169 e. The van der Waals surface area contributed by atoms with Crippen molar-refractivity contribution in [1.29, 1.82) is 0 Å². The molecule has 100 valence electrons. The van der Waals surface area contributed by atoms with Gasteiger partial charge in [0.05, 0.1) is 13.7 Å². The molecule has 0 spiro atoms. The minimum Gasteiger partial charge on any atom is -0.493 e. The standard InChI is InChI=1S/C14H15NO3S/c1-3-6-18-12-5-4-10(7-13(12)17-2)14-15-11(8-16)9-19-14/h4-5,7-9H,3,6H2,1-2H3. The van der Waals surface area contributed by atoms with Gasteiger partial charge in [0.2, 0.25) is 0 Å². The van der Waals surface area contributed by atoms with Gasteiger partial charge in [0.25, 0.3) is 0 Å². The zero-order valence-electron chi connectivity index (χ0n) is 10.9. The first-order chi connectivity index (χ1) is 9.28. The number of nitrogens with zero attached hydrogens (tertiary/aromatic N) is 1. The average Bonchev–Trinajstić information content (AvgIpc) is 2.93. The summed E-state index contributed by atoms with van der Waals surface area (Å²) in [6.07, 6.45) is 1.69. The van der Waals surface area contributed by atoms with Crippen LogP contribution in [-0.4, -0.2) is 25.0 Å². The van der Waals surface area contributed by atoms with Crippen LogP contribution in [0.3, 0.4) is 0 Å². The van der Waals surface area contributed by atoms with Crippen LogP contribution in [0.25, 0.3) is 10.6 Å². The highest BCUT2D eigenvalue weighted by Crippen LogP contribution is 2.33. The second-order valence-electron chi connectivity index (χ2n) is 3.91. The number of hydrogen-bond acceptors (Lipinski definition) is 5. The van der Waals surface area contributed by atoms with E-state index in [1.54, 1.807) is 12.5 Å². The van der Waals surface area contributed by atoms with Gasteiger partial charge in [0.15, 0.2) is 17.8 Å². The first-order valence-electron chi connectivity index (χ1n) is 6.00. The maximum absolute atomic E-state index is 10.6. The maximum atomic E-state index is 10.6. The molecule has 1 heterocycles. The van der Waals surface area contributed by atoms with Gasteiger partial charge in [0, 0.05) is 10.9 Å². The van der Waals surface area contributed by atoms with Crippen molar-refractivity contribution < 1.29 is 14.3 Å². The zero-order chi connectivity index (χ0) is 13.7. The molecule has 0 aliphatic rings. The predicted octanol–water partition coefficient (Wildman–Crippen LogP) is 3.42. The van der Waals surface area contributed by atoms with Crippen LogP contribution >= 0.6 is 11.3 Å². The van der Waals surface area contributed by atoms with Gasteiger partial charge in [-0.2, -0.15) is 0 Å². The van der Waals surface area contributed by atoms with Crippen molar-refractivity contribution >= 4 is 17.6 Å². The van der Waals surface area contributed by atoms with E-state index in [-0.39, 0.29) is 0 Å². The summed E-state index contributed by atoms with van der Waals surface area (Å²) in [4.78, 5) is 14.9. The Hall–Kier alpha value is -1.88. The summed E-state index contributed by atoms with van der Waals surface area (Å²) in [7, 11) is 1.61. The summed E-state index contributed by atoms with van der Waals surface area (Å²) >= 11 is 1.43. The number of rotatable bonds is 6. The number of aldehydes is 1. The Morgan fingerprint density at radius 1 is 1.37 bits per heavy atom. The van der Waals surface area contributed by atoms with E-state index < -0.39 is 0 Å².